The number of ether oxygens (including phenoxy) is 1. The molecule has 2 aromatic heterocycles. The fraction of sp³-hybridized carbons (Fsp3) is 0. The van der Waals surface area contributed by atoms with Gasteiger partial charge in [-0.3, -0.25) is 4.79 Å². The molecule has 0 saturated carbocycles. The Bertz CT molecular complexity index is 544. The Morgan fingerprint density at radius 3 is 2.65 bits per heavy atom. The van der Waals surface area contributed by atoms with E-state index in [4.69, 9.17) is 10.5 Å². The topological polar surface area (TPSA) is 91.0 Å². The van der Waals surface area contributed by atoms with E-state index in [-0.39, 0.29) is 17.5 Å². The average Bonchev–Trinajstić information content (AvgIpc) is 2.32. The maximum atomic E-state index is 11.1. The Labute approximate surface area is 105 Å². The number of halogens is 1. The summed E-state index contributed by atoms with van der Waals surface area (Å²) in [6.07, 6.45) is 4.51. The van der Waals surface area contributed by atoms with Gasteiger partial charge in [-0.15, -0.1) is 0 Å². The van der Waals surface area contributed by atoms with E-state index in [9.17, 15) is 4.79 Å². The lowest BCUT2D eigenvalue weighted by Gasteiger charge is -2.05. The minimum Gasteiger partial charge on any atom is -0.422 e. The predicted octanol–water partition coefficient (Wildman–Crippen LogP) is 1.53. The van der Waals surface area contributed by atoms with Crippen LogP contribution in [0.15, 0.2) is 35.2 Å². The molecular formula is C10H7BrN4O2. The highest BCUT2D eigenvalue weighted by Crippen LogP contribution is 2.20. The van der Waals surface area contributed by atoms with Crippen molar-refractivity contribution < 1.29 is 9.53 Å². The van der Waals surface area contributed by atoms with Gasteiger partial charge in [0.15, 0.2) is 11.4 Å². The molecule has 6 nitrogen and oxygen atoms in total. The lowest BCUT2D eigenvalue weighted by atomic mass is 10.3. The van der Waals surface area contributed by atoms with Gasteiger partial charge in [-0.1, -0.05) is 0 Å². The molecule has 0 aliphatic carbocycles. The second kappa shape index (κ2) is 4.88. The Kier molecular flexibility index (Phi) is 3.29. The van der Waals surface area contributed by atoms with Crippen LogP contribution in [0.2, 0.25) is 0 Å². The van der Waals surface area contributed by atoms with Gasteiger partial charge < -0.3 is 10.5 Å². The minimum atomic E-state index is -0.669. The quantitative estimate of drug-likeness (QED) is 0.927. The summed E-state index contributed by atoms with van der Waals surface area (Å²) in [5.74, 6) is -0.444. The van der Waals surface area contributed by atoms with Gasteiger partial charge in [0.25, 0.3) is 5.91 Å². The fourth-order valence-electron chi connectivity index (χ4n) is 1.11. The summed E-state index contributed by atoms with van der Waals surface area (Å²) < 4.78 is 6.05. The lowest BCUT2D eigenvalue weighted by molar-refractivity contribution is 0.0993. The first-order valence-corrected chi connectivity index (χ1v) is 5.36. The average molecular weight is 295 g/mol. The van der Waals surface area contributed by atoms with Crippen LogP contribution >= 0.6 is 15.9 Å². The number of hydrogen-bond acceptors (Lipinski definition) is 5. The molecule has 0 atom stereocenters. The maximum Gasteiger partial charge on any atom is 0.322 e. The summed E-state index contributed by atoms with van der Waals surface area (Å²) in [5, 5.41) is 0. The van der Waals surface area contributed by atoms with Crippen LogP contribution in [0.25, 0.3) is 0 Å². The van der Waals surface area contributed by atoms with Crippen molar-refractivity contribution in [3.63, 3.8) is 0 Å². The molecule has 0 aliphatic rings. The Hall–Kier alpha value is -2.02. The molecule has 0 bridgehead atoms. The van der Waals surface area contributed by atoms with Gasteiger partial charge in [0.2, 0.25) is 0 Å². The molecule has 0 aromatic carbocycles. The van der Waals surface area contributed by atoms with Gasteiger partial charge in [-0.2, -0.15) is 0 Å². The zero-order valence-corrected chi connectivity index (χ0v) is 10.1. The number of carbonyl (C=O) groups is 1. The highest BCUT2D eigenvalue weighted by atomic mass is 79.9. The van der Waals surface area contributed by atoms with Crippen molar-refractivity contribution in [1.82, 2.24) is 15.0 Å². The molecular weight excluding hydrogens is 288 g/mol. The van der Waals surface area contributed by atoms with Gasteiger partial charge in [0, 0.05) is 18.6 Å². The van der Waals surface area contributed by atoms with Crippen molar-refractivity contribution in [3.8, 4) is 11.8 Å². The van der Waals surface area contributed by atoms with Crippen molar-refractivity contribution in [2.24, 2.45) is 5.73 Å². The molecule has 1 amide bonds. The molecule has 0 spiro atoms. The fourth-order valence-corrected chi connectivity index (χ4v) is 1.31. The maximum absolute atomic E-state index is 11.1. The van der Waals surface area contributed by atoms with Crippen molar-refractivity contribution in [2.45, 2.75) is 0 Å². The van der Waals surface area contributed by atoms with Crippen molar-refractivity contribution in [2.75, 3.05) is 0 Å². The first-order valence-electron chi connectivity index (χ1n) is 4.57. The van der Waals surface area contributed by atoms with Gasteiger partial charge in [-0.05, 0) is 28.1 Å². The summed E-state index contributed by atoms with van der Waals surface area (Å²) in [6.45, 7) is 0. The molecule has 0 aliphatic heterocycles. The van der Waals surface area contributed by atoms with Crippen LogP contribution < -0.4 is 10.5 Å². The lowest BCUT2D eigenvalue weighted by Crippen LogP contribution is -2.14. The third-order valence-corrected chi connectivity index (χ3v) is 2.21. The van der Waals surface area contributed by atoms with E-state index >= 15 is 0 Å². The van der Waals surface area contributed by atoms with E-state index < -0.39 is 5.91 Å². The van der Waals surface area contributed by atoms with E-state index in [1.54, 1.807) is 12.1 Å². The number of carbonyl (C=O) groups excluding carboxylic acids is 1. The summed E-state index contributed by atoms with van der Waals surface area (Å²) in [6, 6.07) is 3.31. The van der Waals surface area contributed by atoms with Crippen LogP contribution in [0.4, 0.5) is 0 Å². The van der Waals surface area contributed by atoms with Crippen molar-refractivity contribution in [1.29, 1.82) is 0 Å². The summed E-state index contributed by atoms with van der Waals surface area (Å²) in [7, 11) is 0. The number of aromatic nitrogens is 3. The minimum absolute atomic E-state index is 0.0408. The smallest absolute Gasteiger partial charge is 0.322 e. The molecule has 2 N–H and O–H groups in total. The highest BCUT2D eigenvalue weighted by molar-refractivity contribution is 9.10. The number of hydrogen-bond donors (Lipinski definition) is 1. The third kappa shape index (κ3) is 2.76. The van der Waals surface area contributed by atoms with Crippen LogP contribution in [0, 0.1) is 0 Å². The number of primary amides is 1. The second-order valence-corrected chi connectivity index (χ2v) is 3.92. The van der Waals surface area contributed by atoms with Crippen molar-refractivity contribution >= 4 is 21.8 Å². The first-order chi connectivity index (χ1) is 8.16. The van der Waals surface area contributed by atoms with Crippen LogP contribution in [-0.4, -0.2) is 20.9 Å². The SMILES string of the molecule is NC(=O)c1ncccc1Oc1ncc(Br)cn1. The molecule has 0 saturated heterocycles. The Morgan fingerprint density at radius 1 is 1.29 bits per heavy atom. The standard InChI is InChI=1S/C10H7BrN4O2/c11-6-4-14-10(15-5-6)17-7-2-1-3-13-8(7)9(12)16/h1-5H,(H2,12,16). The largest absolute Gasteiger partial charge is 0.422 e. The van der Waals surface area contributed by atoms with Crippen LogP contribution in [0.5, 0.6) is 11.8 Å². The van der Waals surface area contributed by atoms with Crippen LogP contribution in [0.3, 0.4) is 0 Å². The molecule has 0 radical (unpaired) electrons. The highest BCUT2D eigenvalue weighted by Gasteiger charge is 2.11. The molecule has 86 valence electrons. The molecule has 0 unspecified atom stereocenters. The zero-order valence-electron chi connectivity index (χ0n) is 8.50. The van der Waals surface area contributed by atoms with E-state index in [2.05, 4.69) is 30.9 Å². The Balaban J connectivity index is 2.30. The molecule has 17 heavy (non-hydrogen) atoms. The second-order valence-electron chi connectivity index (χ2n) is 3.00. The first kappa shape index (κ1) is 11.5. The normalized spacial score (nSPS) is 9.94. The molecule has 0 fully saturated rings. The van der Waals surface area contributed by atoms with Crippen molar-refractivity contribution in [3.05, 3.63) is 40.9 Å². The molecule has 7 heteroatoms. The zero-order chi connectivity index (χ0) is 12.3. The predicted molar refractivity (Wildman–Crippen MR) is 62.6 cm³/mol. The van der Waals surface area contributed by atoms with E-state index in [0.29, 0.717) is 0 Å². The third-order valence-electron chi connectivity index (χ3n) is 1.80. The number of rotatable bonds is 3. The number of pyridine rings is 1. The molecule has 2 aromatic rings. The number of nitrogens with zero attached hydrogens (tertiary/aromatic N) is 3. The van der Waals surface area contributed by atoms with Gasteiger partial charge in [0.05, 0.1) is 4.47 Å². The summed E-state index contributed by atoms with van der Waals surface area (Å²) in [5.41, 5.74) is 5.20. The number of amides is 1. The number of nitrogens with two attached hydrogens (primary N) is 1. The summed E-state index contributed by atoms with van der Waals surface area (Å²) in [4.78, 5) is 22.8. The van der Waals surface area contributed by atoms with E-state index in [1.165, 1.54) is 18.6 Å². The van der Waals surface area contributed by atoms with Gasteiger partial charge >= 0.3 is 6.01 Å². The monoisotopic (exact) mass is 294 g/mol. The van der Waals surface area contributed by atoms with E-state index in [1.807, 2.05) is 0 Å². The van der Waals surface area contributed by atoms with Crippen LogP contribution in [0.1, 0.15) is 10.5 Å². The Morgan fingerprint density at radius 2 is 2.00 bits per heavy atom. The van der Waals surface area contributed by atoms with Gasteiger partial charge in [0.1, 0.15) is 0 Å². The summed E-state index contributed by atoms with van der Waals surface area (Å²) >= 11 is 3.20. The molecule has 2 heterocycles. The van der Waals surface area contributed by atoms with Gasteiger partial charge in [-0.25, -0.2) is 15.0 Å². The molecule has 2 rings (SSSR count). The van der Waals surface area contributed by atoms with Crippen LogP contribution in [-0.2, 0) is 0 Å². The van der Waals surface area contributed by atoms with E-state index in [0.717, 1.165) is 4.47 Å².